The molecule has 0 unspecified atom stereocenters. The largest absolute Gasteiger partial charge is 0.507 e. The number of rotatable bonds is 2. The number of aromatic carboxylic acids is 1. The average Bonchev–Trinajstić information content (AvgIpc) is 2.70. The van der Waals surface area contributed by atoms with E-state index in [0.29, 0.717) is 5.56 Å². The Morgan fingerprint density at radius 2 is 2.12 bits per heavy atom. The maximum atomic E-state index is 10.6. The van der Waals surface area contributed by atoms with Gasteiger partial charge in [-0.25, -0.2) is 4.79 Å². The van der Waals surface area contributed by atoms with Gasteiger partial charge in [-0.3, -0.25) is 0 Å². The van der Waals surface area contributed by atoms with E-state index in [0.717, 1.165) is 4.47 Å². The molecule has 0 amide bonds. The summed E-state index contributed by atoms with van der Waals surface area (Å²) in [6.45, 7) is 0. The van der Waals surface area contributed by atoms with Crippen molar-refractivity contribution in [1.82, 2.24) is 5.16 Å². The maximum Gasteiger partial charge on any atom is 0.374 e. The molecule has 0 spiro atoms. The Kier molecular flexibility index (Phi) is 2.66. The van der Waals surface area contributed by atoms with Crippen molar-refractivity contribution in [3.8, 4) is 17.0 Å². The predicted octanol–water partition coefficient (Wildman–Crippen LogP) is 2.51. The number of benzene rings is 1. The van der Waals surface area contributed by atoms with Gasteiger partial charge in [-0.1, -0.05) is 21.1 Å². The van der Waals surface area contributed by atoms with Crippen LogP contribution in [0.15, 0.2) is 33.3 Å². The first-order chi connectivity index (χ1) is 7.58. The third kappa shape index (κ3) is 1.92. The van der Waals surface area contributed by atoms with Gasteiger partial charge in [-0.15, -0.1) is 0 Å². The summed E-state index contributed by atoms with van der Waals surface area (Å²) in [6.07, 6.45) is 0. The van der Waals surface area contributed by atoms with Crippen LogP contribution in [-0.4, -0.2) is 21.3 Å². The number of hydrogen-bond donors (Lipinski definition) is 2. The van der Waals surface area contributed by atoms with E-state index in [2.05, 4.69) is 25.6 Å². The number of nitrogens with zero attached hydrogens (tertiary/aromatic N) is 1. The van der Waals surface area contributed by atoms with E-state index >= 15 is 0 Å². The highest BCUT2D eigenvalue weighted by molar-refractivity contribution is 9.10. The summed E-state index contributed by atoms with van der Waals surface area (Å²) in [5.41, 5.74) is 0.682. The molecule has 0 fully saturated rings. The van der Waals surface area contributed by atoms with Crippen molar-refractivity contribution < 1.29 is 19.5 Å². The minimum absolute atomic E-state index is 0.00781. The number of aromatic nitrogens is 1. The third-order valence-corrected chi connectivity index (χ3v) is 2.45. The molecule has 1 aromatic carbocycles. The van der Waals surface area contributed by atoms with Gasteiger partial charge in [0.05, 0.1) is 0 Å². The summed E-state index contributed by atoms with van der Waals surface area (Å²) in [7, 11) is 0. The van der Waals surface area contributed by atoms with Crippen molar-refractivity contribution in [3.05, 3.63) is 34.5 Å². The van der Waals surface area contributed by atoms with E-state index in [4.69, 9.17) is 5.11 Å². The highest BCUT2D eigenvalue weighted by Crippen LogP contribution is 2.31. The maximum absolute atomic E-state index is 10.6. The van der Waals surface area contributed by atoms with Crippen LogP contribution in [0.5, 0.6) is 5.75 Å². The van der Waals surface area contributed by atoms with Crippen molar-refractivity contribution in [3.63, 3.8) is 0 Å². The Morgan fingerprint density at radius 1 is 1.38 bits per heavy atom. The molecule has 2 rings (SSSR count). The van der Waals surface area contributed by atoms with E-state index in [9.17, 15) is 9.90 Å². The molecule has 0 aliphatic heterocycles. The molecule has 0 saturated heterocycles. The minimum Gasteiger partial charge on any atom is -0.507 e. The second-order valence-corrected chi connectivity index (χ2v) is 3.96. The van der Waals surface area contributed by atoms with E-state index in [1.807, 2.05) is 0 Å². The second kappa shape index (κ2) is 3.97. The Morgan fingerprint density at radius 3 is 2.75 bits per heavy atom. The summed E-state index contributed by atoms with van der Waals surface area (Å²) in [5, 5.41) is 21.8. The molecule has 0 aliphatic rings. The SMILES string of the molecule is O=C(O)c1cc(-c2cc(Br)ccc2O)no1. The summed E-state index contributed by atoms with van der Waals surface area (Å²) in [6, 6.07) is 6.02. The van der Waals surface area contributed by atoms with Crippen molar-refractivity contribution in [2.24, 2.45) is 0 Å². The molecule has 0 radical (unpaired) electrons. The van der Waals surface area contributed by atoms with Gasteiger partial charge in [-0.05, 0) is 18.2 Å². The van der Waals surface area contributed by atoms with Crippen LogP contribution >= 0.6 is 15.9 Å². The zero-order chi connectivity index (χ0) is 11.7. The zero-order valence-electron chi connectivity index (χ0n) is 7.85. The van der Waals surface area contributed by atoms with Crippen molar-refractivity contribution in [2.45, 2.75) is 0 Å². The fourth-order valence-electron chi connectivity index (χ4n) is 1.22. The second-order valence-electron chi connectivity index (χ2n) is 3.04. The van der Waals surface area contributed by atoms with Gasteiger partial charge < -0.3 is 14.7 Å². The minimum atomic E-state index is -1.20. The summed E-state index contributed by atoms with van der Waals surface area (Å²) < 4.78 is 5.35. The molecule has 2 aromatic rings. The summed E-state index contributed by atoms with van der Waals surface area (Å²) >= 11 is 3.24. The van der Waals surface area contributed by atoms with Crippen LogP contribution in [0.4, 0.5) is 0 Å². The van der Waals surface area contributed by atoms with Crippen LogP contribution in [0.2, 0.25) is 0 Å². The fraction of sp³-hybridized carbons (Fsp3) is 0. The first kappa shape index (κ1) is 10.7. The van der Waals surface area contributed by atoms with Crippen molar-refractivity contribution in [1.29, 1.82) is 0 Å². The molecule has 82 valence electrons. The number of halogens is 1. The number of carboxylic acid groups (broad SMARTS) is 1. The Balaban J connectivity index is 2.50. The van der Waals surface area contributed by atoms with Gasteiger partial charge >= 0.3 is 5.97 Å². The quantitative estimate of drug-likeness (QED) is 0.885. The lowest BCUT2D eigenvalue weighted by Gasteiger charge is -2.00. The third-order valence-electron chi connectivity index (χ3n) is 1.96. The van der Waals surface area contributed by atoms with Crippen LogP contribution in [0.25, 0.3) is 11.3 Å². The molecule has 0 saturated carbocycles. The number of hydrogen-bond acceptors (Lipinski definition) is 4. The highest BCUT2D eigenvalue weighted by atomic mass is 79.9. The van der Waals surface area contributed by atoms with Crippen molar-refractivity contribution >= 4 is 21.9 Å². The number of aromatic hydroxyl groups is 1. The number of phenols is 1. The average molecular weight is 284 g/mol. The number of carbonyl (C=O) groups is 1. The monoisotopic (exact) mass is 283 g/mol. The zero-order valence-corrected chi connectivity index (χ0v) is 9.43. The topological polar surface area (TPSA) is 83.6 Å². The normalized spacial score (nSPS) is 10.3. The first-order valence-electron chi connectivity index (χ1n) is 4.27. The molecular weight excluding hydrogens is 278 g/mol. The molecule has 1 heterocycles. The van der Waals surface area contributed by atoms with E-state index < -0.39 is 5.97 Å². The standard InChI is InChI=1S/C10H6BrNO4/c11-5-1-2-8(13)6(3-5)7-4-9(10(14)15)16-12-7/h1-4,13H,(H,14,15). The number of phenolic OH excluding ortho intramolecular Hbond substituents is 1. The number of carboxylic acids is 1. The van der Waals surface area contributed by atoms with Gasteiger partial charge in [0.15, 0.2) is 0 Å². The molecule has 5 nitrogen and oxygen atoms in total. The molecule has 1 aromatic heterocycles. The summed E-state index contributed by atoms with van der Waals surface area (Å²) in [5.74, 6) is -1.46. The van der Waals surface area contributed by atoms with Gasteiger partial charge in [-0.2, -0.15) is 0 Å². The molecule has 0 bridgehead atoms. The van der Waals surface area contributed by atoms with Crippen LogP contribution in [0.3, 0.4) is 0 Å². The fourth-order valence-corrected chi connectivity index (χ4v) is 1.58. The molecule has 2 N–H and O–H groups in total. The Hall–Kier alpha value is -1.82. The van der Waals surface area contributed by atoms with Crippen molar-refractivity contribution in [2.75, 3.05) is 0 Å². The van der Waals surface area contributed by atoms with Crippen LogP contribution in [0.1, 0.15) is 10.6 Å². The molecule has 6 heteroatoms. The molecule has 16 heavy (non-hydrogen) atoms. The highest BCUT2D eigenvalue weighted by Gasteiger charge is 2.14. The lowest BCUT2D eigenvalue weighted by atomic mass is 10.1. The van der Waals surface area contributed by atoms with Crippen LogP contribution in [0, 0.1) is 0 Å². The first-order valence-corrected chi connectivity index (χ1v) is 5.06. The van der Waals surface area contributed by atoms with E-state index in [1.54, 1.807) is 12.1 Å². The van der Waals surface area contributed by atoms with Crippen LogP contribution < -0.4 is 0 Å². The van der Waals surface area contributed by atoms with E-state index in [1.165, 1.54) is 12.1 Å². The smallest absolute Gasteiger partial charge is 0.374 e. The van der Waals surface area contributed by atoms with Gasteiger partial charge in [0.2, 0.25) is 5.76 Å². The van der Waals surface area contributed by atoms with Gasteiger partial charge in [0, 0.05) is 16.1 Å². The molecule has 0 aliphatic carbocycles. The lowest BCUT2D eigenvalue weighted by molar-refractivity contribution is 0.0652. The van der Waals surface area contributed by atoms with E-state index in [-0.39, 0.29) is 17.2 Å². The Bertz CT molecular complexity index is 550. The lowest BCUT2D eigenvalue weighted by Crippen LogP contribution is -1.91. The molecule has 0 atom stereocenters. The summed E-state index contributed by atoms with van der Waals surface area (Å²) in [4.78, 5) is 10.6. The molecular formula is C10H6BrNO4. The Labute approximate surface area is 98.4 Å². The van der Waals surface area contributed by atoms with Gasteiger partial charge in [0.25, 0.3) is 0 Å². The van der Waals surface area contributed by atoms with Crippen LogP contribution in [-0.2, 0) is 0 Å². The predicted molar refractivity (Wildman–Crippen MR) is 58.3 cm³/mol. The van der Waals surface area contributed by atoms with Gasteiger partial charge in [0.1, 0.15) is 11.4 Å².